The highest BCUT2D eigenvalue weighted by atomic mass is 35.5. The number of benzene rings is 1. The fraction of sp³-hybridized carbons (Fsp3) is 0.333. The molecule has 0 bridgehead atoms. The summed E-state index contributed by atoms with van der Waals surface area (Å²) in [4.78, 5) is 27.7. The van der Waals surface area contributed by atoms with Crippen LogP contribution >= 0.6 is 22.9 Å². The first-order valence-corrected chi connectivity index (χ1v) is 15.3. The number of carbonyl (C=O) groups excluding carboxylic acids is 1. The predicted molar refractivity (Wildman–Crippen MR) is 159 cm³/mol. The Hall–Kier alpha value is -3.98. The zero-order valence-corrected chi connectivity index (χ0v) is 25.4. The van der Waals surface area contributed by atoms with Gasteiger partial charge in [0.15, 0.2) is 16.5 Å². The molecule has 6 heterocycles. The Kier molecular flexibility index (Phi) is 7.98. The van der Waals surface area contributed by atoms with Crippen LogP contribution < -0.4 is 4.74 Å². The van der Waals surface area contributed by atoms with Gasteiger partial charge in [-0.25, -0.2) is 19.2 Å². The normalized spacial score (nSPS) is 17.1. The molecule has 7 rings (SSSR count). The van der Waals surface area contributed by atoms with Crippen molar-refractivity contribution in [2.75, 3.05) is 26.8 Å². The quantitative estimate of drug-likeness (QED) is 0.172. The maximum Gasteiger partial charge on any atom is 0.351 e. The number of imidazole rings is 1. The minimum atomic E-state index is -0.788. The molecule has 15 heteroatoms. The van der Waals surface area contributed by atoms with Crippen LogP contribution in [-0.4, -0.2) is 63.3 Å². The summed E-state index contributed by atoms with van der Waals surface area (Å²) in [5.41, 5.74) is 1.80. The lowest BCUT2D eigenvalue weighted by molar-refractivity contribution is -0.0592. The fourth-order valence-corrected chi connectivity index (χ4v) is 6.62. The van der Waals surface area contributed by atoms with Crippen molar-refractivity contribution in [3.05, 3.63) is 75.2 Å². The van der Waals surface area contributed by atoms with Gasteiger partial charge in [0.2, 0.25) is 5.82 Å². The first-order valence-electron chi connectivity index (χ1n) is 14.1. The molecule has 4 aromatic heterocycles. The van der Waals surface area contributed by atoms with E-state index in [4.69, 9.17) is 30.2 Å². The number of hydrogen-bond acceptors (Lipinski definition) is 10. The molecule has 0 N–H and O–H groups in total. The lowest BCUT2D eigenvalue weighted by Crippen LogP contribution is -2.34. The number of fused-ring (bicyclic) bond motifs is 2. The summed E-state index contributed by atoms with van der Waals surface area (Å²) in [6.07, 6.45) is 4.39. The molecular weight excluding hydrogens is 635 g/mol. The number of aromatic nitrogens is 4. The topological polar surface area (TPSA) is 105 Å². The van der Waals surface area contributed by atoms with Crippen molar-refractivity contribution in [2.45, 2.75) is 38.6 Å². The SMILES string of the molecule is COC(=O)c1sc2nc(CN3CC=C(c4ncc(F)c(OCc5ccc(Cl)c6cc(F)oc56)n4)CC3)n(C[C@@H]3CCO3)c2c1F. The van der Waals surface area contributed by atoms with Crippen LogP contribution in [0.1, 0.15) is 39.7 Å². The van der Waals surface area contributed by atoms with E-state index in [1.165, 1.54) is 13.2 Å². The van der Waals surface area contributed by atoms with Crippen molar-refractivity contribution in [3.63, 3.8) is 0 Å². The third-order valence-electron chi connectivity index (χ3n) is 7.87. The summed E-state index contributed by atoms with van der Waals surface area (Å²) in [7, 11) is 1.22. The minimum Gasteiger partial charge on any atom is -0.470 e. The van der Waals surface area contributed by atoms with Crippen LogP contribution in [0.3, 0.4) is 0 Å². The van der Waals surface area contributed by atoms with E-state index in [0.717, 1.165) is 29.5 Å². The van der Waals surface area contributed by atoms with E-state index in [1.54, 1.807) is 16.7 Å². The van der Waals surface area contributed by atoms with E-state index in [0.29, 0.717) is 71.7 Å². The van der Waals surface area contributed by atoms with Crippen LogP contribution in [0.2, 0.25) is 5.02 Å². The Labute approximate surface area is 263 Å². The fourth-order valence-electron chi connectivity index (χ4n) is 5.42. The van der Waals surface area contributed by atoms with Gasteiger partial charge in [-0.2, -0.15) is 13.8 Å². The molecule has 234 valence electrons. The smallest absolute Gasteiger partial charge is 0.351 e. The summed E-state index contributed by atoms with van der Waals surface area (Å²) < 4.78 is 66.6. The molecule has 2 aliphatic heterocycles. The number of halogens is 4. The van der Waals surface area contributed by atoms with E-state index in [9.17, 15) is 13.6 Å². The van der Waals surface area contributed by atoms with Gasteiger partial charge in [0.05, 0.1) is 37.5 Å². The van der Waals surface area contributed by atoms with Crippen molar-refractivity contribution in [1.82, 2.24) is 24.4 Å². The molecule has 10 nitrogen and oxygen atoms in total. The van der Waals surface area contributed by atoms with Gasteiger partial charge in [-0.05, 0) is 24.5 Å². The summed E-state index contributed by atoms with van der Waals surface area (Å²) in [5.74, 6) is -1.35. The van der Waals surface area contributed by atoms with E-state index < -0.39 is 23.6 Å². The molecule has 1 atom stereocenters. The number of furan rings is 1. The number of carbonyl (C=O) groups is 1. The molecule has 0 unspecified atom stereocenters. The molecule has 1 aromatic carbocycles. The molecule has 1 fully saturated rings. The van der Waals surface area contributed by atoms with Gasteiger partial charge in [-0.3, -0.25) is 4.90 Å². The largest absolute Gasteiger partial charge is 0.470 e. The van der Waals surface area contributed by atoms with Crippen LogP contribution in [0.15, 0.2) is 34.9 Å². The number of rotatable bonds is 9. The van der Waals surface area contributed by atoms with Gasteiger partial charge in [-0.1, -0.05) is 23.7 Å². The Morgan fingerprint density at radius 3 is 2.82 bits per heavy atom. The van der Waals surface area contributed by atoms with Gasteiger partial charge in [0.1, 0.15) is 28.4 Å². The number of methoxy groups -OCH3 is 1. The third-order valence-corrected chi connectivity index (χ3v) is 9.23. The van der Waals surface area contributed by atoms with E-state index in [-0.39, 0.29) is 34.6 Å². The highest BCUT2D eigenvalue weighted by Gasteiger charge is 2.29. The van der Waals surface area contributed by atoms with Crippen LogP contribution in [0, 0.1) is 17.6 Å². The van der Waals surface area contributed by atoms with Gasteiger partial charge in [0.25, 0.3) is 11.9 Å². The second-order valence-electron chi connectivity index (χ2n) is 10.7. The van der Waals surface area contributed by atoms with Crippen LogP contribution in [-0.2, 0) is 29.2 Å². The predicted octanol–water partition coefficient (Wildman–Crippen LogP) is 6.15. The Bertz CT molecular complexity index is 1970. The maximum absolute atomic E-state index is 15.3. The van der Waals surface area contributed by atoms with Crippen LogP contribution in [0.5, 0.6) is 5.88 Å². The van der Waals surface area contributed by atoms with Gasteiger partial charge < -0.3 is 23.2 Å². The maximum atomic E-state index is 15.3. The first kappa shape index (κ1) is 29.7. The molecule has 0 radical (unpaired) electrons. The van der Waals surface area contributed by atoms with Crippen molar-refractivity contribution < 1.29 is 36.6 Å². The average molecular weight is 660 g/mol. The number of nitrogens with zero attached hydrogens (tertiary/aromatic N) is 5. The molecule has 0 spiro atoms. The lowest BCUT2D eigenvalue weighted by Gasteiger charge is -2.29. The zero-order valence-electron chi connectivity index (χ0n) is 23.8. The summed E-state index contributed by atoms with van der Waals surface area (Å²) in [6, 6.07) is 3.60. The van der Waals surface area contributed by atoms with Crippen molar-refractivity contribution in [1.29, 1.82) is 0 Å². The second-order valence-corrected chi connectivity index (χ2v) is 12.1. The highest BCUT2D eigenvalue weighted by Crippen LogP contribution is 2.34. The van der Waals surface area contributed by atoms with E-state index in [1.807, 2.05) is 6.08 Å². The molecule has 2 aliphatic rings. The lowest BCUT2D eigenvalue weighted by atomic mass is 10.1. The van der Waals surface area contributed by atoms with Gasteiger partial charge in [0, 0.05) is 36.7 Å². The van der Waals surface area contributed by atoms with E-state index in [2.05, 4.69) is 19.9 Å². The summed E-state index contributed by atoms with van der Waals surface area (Å²) in [6.45, 7) is 2.54. The average Bonchev–Trinajstić information content (AvgIpc) is 3.67. The molecule has 0 amide bonds. The number of hydrogen-bond donors (Lipinski definition) is 0. The molecule has 45 heavy (non-hydrogen) atoms. The molecule has 0 saturated carbocycles. The van der Waals surface area contributed by atoms with Crippen molar-refractivity contribution >= 4 is 55.8 Å². The van der Waals surface area contributed by atoms with Gasteiger partial charge in [-0.15, -0.1) is 11.3 Å². The molecule has 1 saturated heterocycles. The van der Waals surface area contributed by atoms with Crippen molar-refractivity contribution in [3.8, 4) is 5.88 Å². The van der Waals surface area contributed by atoms with Crippen LogP contribution in [0.4, 0.5) is 13.2 Å². The molecule has 0 aliphatic carbocycles. The Morgan fingerprint density at radius 2 is 2.09 bits per heavy atom. The van der Waals surface area contributed by atoms with Crippen LogP contribution in [0.25, 0.3) is 26.9 Å². The number of ether oxygens (including phenoxy) is 3. The summed E-state index contributed by atoms with van der Waals surface area (Å²) >= 11 is 7.10. The highest BCUT2D eigenvalue weighted by molar-refractivity contribution is 7.20. The summed E-state index contributed by atoms with van der Waals surface area (Å²) in [5, 5.41) is 0.719. The molecule has 5 aromatic rings. The minimum absolute atomic E-state index is 0.0483. The van der Waals surface area contributed by atoms with Gasteiger partial charge >= 0.3 is 5.97 Å². The second kappa shape index (κ2) is 12.1. The first-order chi connectivity index (χ1) is 21.8. The number of thiophene rings is 1. The zero-order chi connectivity index (χ0) is 31.2. The van der Waals surface area contributed by atoms with E-state index >= 15 is 4.39 Å². The Morgan fingerprint density at radius 1 is 1.24 bits per heavy atom. The number of esters is 1. The third kappa shape index (κ3) is 5.67. The standard InChI is InChI=1S/C30H25ClF3N5O5S/c1-41-30(40)26-23(34)24-29(45-26)36-22(39(24)12-17-6-9-42-17)13-38-7-4-15(5-8-38)27-35-11-20(32)28(37-27)43-14-16-2-3-19(31)18-10-21(33)44-25(16)18/h2-4,10-11,17H,5-9,12-14H2,1H3/t17-/m0/s1. The van der Waals surface area contributed by atoms with Crippen molar-refractivity contribution in [2.24, 2.45) is 0 Å². The molecular formula is C30H25ClF3N5O5S. The Balaban J connectivity index is 1.07. The monoisotopic (exact) mass is 659 g/mol.